The highest BCUT2D eigenvalue weighted by atomic mass is 16.6. The topological polar surface area (TPSA) is 82.2 Å². The Balaban J connectivity index is 1.50. The minimum absolute atomic E-state index is 0.0392. The number of aromatic nitrogens is 1. The summed E-state index contributed by atoms with van der Waals surface area (Å²) in [6, 6.07) is 13.0. The molecule has 8 heteroatoms. The van der Waals surface area contributed by atoms with E-state index in [1.54, 1.807) is 45.7 Å². The molecule has 37 heavy (non-hydrogen) atoms. The highest BCUT2D eigenvalue weighted by Gasteiger charge is 2.44. The molecule has 8 nitrogen and oxygen atoms in total. The van der Waals surface area contributed by atoms with E-state index in [1.807, 2.05) is 24.3 Å². The Morgan fingerprint density at radius 2 is 1.84 bits per heavy atom. The number of fused-ring (bicyclic) bond motifs is 4. The zero-order valence-corrected chi connectivity index (χ0v) is 21.5. The van der Waals surface area contributed by atoms with Crippen LogP contribution < -0.4 is 19.5 Å². The number of amides is 1. The molecule has 3 fully saturated rings. The summed E-state index contributed by atoms with van der Waals surface area (Å²) in [5, 5.41) is 3.78. The van der Waals surface area contributed by atoms with Crippen molar-refractivity contribution in [1.29, 1.82) is 0 Å². The molecule has 0 aliphatic carbocycles. The average molecular weight is 504 g/mol. The summed E-state index contributed by atoms with van der Waals surface area (Å²) < 4.78 is 22.4. The molecular formula is C29H33N3O5. The molecule has 0 radical (unpaired) electrons. The lowest BCUT2D eigenvalue weighted by Gasteiger charge is -2.51. The second kappa shape index (κ2) is 10.7. The Labute approximate surface area is 217 Å². The molecule has 1 amide bonds. The Hall–Kier alpha value is -3.78. The number of ether oxygens (including phenoxy) is 4. The van der Waals surface area contributed by atoms with Crippen molar-refractivity contribution in [2.75, 3.05) is 39.7 Å². The summed E-state index contributed by atoms with van der Waals surface area (Å²) in [6.45, 7) is 5.94. The van der Waals surface area contributed by atoms with Gasteiger partial charge in [-0.05, 0) is 55.5 Å². The maximum Gasteiger partial charge on any atom is 0.412 e. The number of methoxy groups -OCH3 is 3. The van der Waals surface area contributed by atoms with Crippen molar-refractivity contribution in [2.24, 2.45) is 11.8 Å². The van der Waals surface area contributed by atoms with Gasteiger partial charge < -0.3 is 18.9 Å². The van der Waals surface area contributed by atoms with Gasteiger partial charge in [-0.2, -0.15) is 0 Å². The maximum atomic E-state index is 13.3. The van der Waals surface area contributed by atoms with Gasteiger partial charge in [-0.25, -0.2) is 4.79 Å². The molecule has 1 N–H and O–H groups in total. The number of benzene rings is 2. The van der Waals surface area contributed by atoms with Crippen LogP contribution in [0.1, 0.15) is 24.5 Å². The van der Waals surface area contributed by atoms with E-state index in [0.29, 0.717) is 29.0 Å². The van der Waals surface area contributed by atoms with Crippen molar-refractivity contribution in [3.8, 4) is 17.2 Å². The summed E-state index contributed by atoms with van der Waals surface area (Å²) >= 11 is 0. The van der Waals surface area contributed by atoms with E-state index in [9.17, 15) is 4.79 Å². The molecule has 4 heterocycles. The summed E-state index contributed by atoms with van der Waals surface area (Å²) in [7, 11) is 4.78. The van der Waals surface area contributed by atoms with Gasteiger partial charge in [0.25, 0.3) is 0 Å². The van der Waals surface area contributed by atoms with Crippen LogP contribution in [0.3, 0.4) is 0 Å². The number of hydrogen-bond donors (Lipinski definition) is 1. The second-order valence-electron chi connectivity index (χ2n) is 9.58. The van der Waals surface area contributed by atoms with Crippen LogP contribution >= 0.6 is 0 Å². The third-order valence-electron chi connectivity index (χ3n) is 7.62. The first-order chi connectivity index (χ1) is 18.0. The molecule has 0 spiro atoms. The van der Waals surface area contributed by atoms with Gasteiger partial charge in [-0.3, -0.25) is 15.2 Å². The summed E-state index contributed by atoms with van der Waals surface area (Å²) in [4.78, 5) is 20.3. The van der Waals surface area contributed by atoms with E-state index in [2.05, 4.69) is 27.9 Å². The number of hydrogen-bond acceptors (Lipinski definition) is 7. The SMILES string of the molecule is C=C[C@H]1CN2CC[C@H]1C[C@H]2[C@H](OC(=O)Nc1cc(OC)cc(OC)c1)c1ccnc2ccc(OC)cc12. The van der Waals surface area contributed by atoms with Gasteiger partial charge in [0, 0.05) is 41.9 Å². The smallest absolute Gasteiger partial charge is 0.412 e. The van der Waals surface area contributed by atoms with Crippen molar-refractivity contribution in [3.05, 3.63) is 66.9 Å². The largest absolute Gasteiger partial charge is 0.497 e. The van der Waals surface area contributed by atoms with Gasteiger partial charge in [0.05, 0.1) is 38.6 Å². The molecule has 5 atom stereocenters. The highest BCUT2D eigenvalue weighted by molar-refractivity contribution is 5.87. The quantitative estimate of drug-likeness (QED) is 0.410. The van der Waals surface area contributed by atoms with Crippen LogP contribution in [0, 0.1) is 11.8 Å². The Morgan fingerprint density at radius 1 is 1.08 bits per heavy atom. The van der Waals surface area contributed by atoms with E-state index in [0.717, 1.165) is 48.1 Å². The number of rotatable bonds is 8. The molecule has 194 valence electrons. The zero-order chi connectivity index (χ0) is 25.9. The van der Waals surface area contributed by atoms with Gasteiger partial charge in [0.1, 0.15) is 23.4 Å². The van der Waals surface area contributed by atoms with Crippen LogP contribution in [0.2, 0.25) is 0 Å². The first kappa shape index (κ1) is 24.9. The molecule has 0 saturated carbocycles. The van der Waals surface area contributed by atoms with E-state index < -0.39 is 12.2 Å². The van der Waals surface area contributed by atoms with Crippen LogP contribution in [0.5, 0.6) is 17.2 Å². The van der Waals surface area contributed by atoms with Gasteiger partial charge in [-0.15, -0.1) is 6.58 Å². The van der Waals surface area contributed by atoms with Crippen LogP contribution in [0.4, 0.5) is 10.5 Å². The predicted molar refractivity (Wildman–Crippen MR) is 142 cm³/mol. The molecule has 6 rings (SSSR count). The molecule has 1 aromatic heterocycles. The minimum Gasteiger partial charge on any atom is -0.497 e. The summed E-state index contributed by atoms with van der Waals surface area (Å²) in [6.07, 6.45) is 4.85. The zero-order valence-electron chi connectivity index (χ0n) is 21.5. The molecule has 3 saturated heterocycles. The van der Waals surface area contributed by atoms with E-state index >= 15 is 0 Å². The number of pyridine rings is 1. The van der Waals surface area contributed by atoms with Gasteiger partial charge >= 0.3 is 6.09 Å². The Morgan fingerprint density at radius 3 is 2.49 bits per heavy atom. The van der Waals surface area contributed by atoms with Gasteiger partial charge in [0.15, 0.2) is 0 Å². The number of carbonyl (C=O) groups excluding carboxylic acids is 1. The number of nitrogens with zero attached hydrogens (tertiary/aromatic N) is 2. The monoisotopic (exact) mass is 503 g/mol. The first-order valence-corrected chi connectivity index (χ1v) is 12.5. The summed E-state index contributed by atoms with van der Waals surface area (Å²) in [5.41, 5.74) is 2.26. The lowest BCUT2D eigenvalue weighted by atomic mass is 9.73. The number of piperidine rings is 3. The Bertz CT molecular complexity index is 1270. The van der Waals surface area contributed by atoms with Gasteiger partial charge in [-0.1, -0.05) is 6.08 Å². The lowest BCUT2D eigenvalue weighted by Crippen LogP contribution is -2.55. The van der Waals surface area contributed by atoms with Crippen molar-refractivity contribution >= 4 is 22.7 Å². The lowest BCUT2D eigenvalue weighted by molar-refractivity contribution is -0.0473. The standard InChI is InChI=1S/C29H33N3O5/c1-5-18-17-32-11-9-19(18)12-27(32)28(24-8-10-30-26-7-6-21(34-2)16-25(24)26)37-29(33)31-20-13-22(35-3)15-23(14-20)36-4/h5-8,10,13-16,18-19,27-28H,1,9,11-12,17H2,2-4H3,(H,31,33)/t18-,19-,27-,28+/m0/s1. The number of anilines is 1. The fourth-order valence-electron chi connectivity index (χ4n) is 5.71. The van der Waals surface area contributed by atoms with Crippen molar-refractivity contribution in [1.82, 2.24) is 9.88 Å². The fraction of sp³-hybridized carbons (Fsp3) is 0.379. The third kappa shape index (κ3) is 5.06. The summed E-state index contributed by atoms with van der Waals surface area (Å²) in [5.74, 6) is 2.85. The normalized spacial score (nSPS) is 23.2. The Kier molecular flexibility index (Phi) is 7.19. The van der Waals surface area contributed by atoms with Crippen molar-refractivity contribution in [2.45, 2.75) is 25.0 Å². The average Bonchev–Trinajstić information content (AvgIpc) is 2.95. The second-order valence-corrected chi connectivity index (χ2v) is 9.58. The number of carbonyl (C=O) groups is 1. The van der Waals surface area contributed by atoms with Crippen LogP contribution in [-0.2, 0) is 4.74 Å². The van der Waals surface area contributed by atoms with Crippen LogP contribution in [0.25, 0.3) is 10.9 Å². The van der Waals surface area contributed by atoms with Gasteiger partial charge in [0.2, 0.25) is 0 Å². The van der Waals surface area contributed by atoms with E-state index in [1.165, 1.54) is 0 Å². The number of nitrogens with one attached hydrogen (secondary N) is 1. The first-order valence-electron chi connectivity index (χ1n) is 12.5. The third-order valence-corrected chi connectivity index (χ3v) is 7.62. The van der Waals surface area contributed by atoms with Crippen LogP contribution in [0.15, 0.2) is 61.3 Å². The molecule has 3 aromatic rings. The molecular weight excluding hydrogens is 470 g/mol. The predicted octanol–water partition coefficient (Wildman–Crippen LogP) is 5.45. The molecule has 3 aliphatic rings. The molecule has 2 bridgehead atoms. The highest BCUT2D eigenvalue weighted by Crippen LogP contribution is 2.44. The van der Waals surface area contributed by atoms with Crippen LogP contribution in [-0.4, -0.2) is 56.4 Å². The molecule has 2 aromatic carbocycles. The minimum atomic E-state index is -0.545. The fourth-order valence-corrected chi connectivity index (χ4v) is 5.71. The molecule has 3 aliphatic heterocycles. The van der Waals surface area contributed by atoms with E-state index in [-0.39, 0.29) is 6.04 Å². The van der Waals surface area contributed by atoms with Crippen molar-refractivity contribution in [3.63, 3.8) is 0 Å². The van der Waals surface area contributed by atoms with Crippen molar-refractivity contribution < 1.29 is 23.7 Å². The maximum absolute atomic E-state index is 13.3. The molecule has 1 unspecified atom stereocenters. The van der Waals surface area contributed by atoms with E-state index in [4.69, 9.17) is 18.9 Å².